The standard InChI is InChI=1S/C14H18N2O3/c1-9-8-10(13(17)18)6-7-12(9)15-14(19)16(2)11-4-3-5-11/h6-8,11H,3-5H2,1-2H3,(H,15,19)(H,17,18). The lowest BCUT2D eigenvalue weighted by Gasteiger charge is -2.34. The molecule has 0 aliphatic heterocycles. The molecule has 0 unspecified atom stereocenters. The van der Waals surface area contributed by atoms with Crippen LogP contribution in [-0.4, -0.2) is 35.1 Å². The van der Waals surface area contributed by atoms with Gasteiger partial charge in [0.25, 0.3) is 0 Å². The third-order valence-corrected chi connectivity index (χ3v) is 3.66. The summed E-state index contributed by atoms with van der Waals surface area (Å²) in [5.74, 6) is -0.965. The number of urea groups is 1. The maximum absolute atomic E-state index is 12.0. The maximum Gasteiger partial charge on any atom is 0.335 e. The average Bonchev–Trinajstić information content (AvgIpc) is 2.29. The zero-order chi connectivity index (χ0) is 14.0. The van der Waals surface area contributed by atoms with E-state index in [1.54, 1.807) is 31.0 Å². The monoisotopic (exact) mass is 262 g/mol. The molecule has 0 radical (unpaired) electrons. The zero-order valence-electron chi connectivity index (χ0n) is 11.1. The number of carbonyl (C=O) groups excluding carboxylic acids is 1. The van der Waals surface area contributed by atoms with E-state index in [2.05, 4.69) is 5.32 Å². The maximum atomic E-state index is 12.0. The van der Waals surface area contributed by atoms with Crippen molar-refractivity contribution in [3.63, 3.8) is 0 Å². The molecule has 0 aromatic heterocycles. The molecule has 5 heteroatoms. The second kappa shape index (κ2) is 5.30. The highest BCUT2D eigenvalue weighted by molar-refractivity contribution is 5.92. The predicted octanol–water partition coefficient (Wildman–Crippen LogP) is 2.71. The SMILES string of the molecule is Cc1cc(C(=O)O)ccc1NC(=O)N(C)C1CCC1. The average molecular weight is 262 g/mol. The first-order chi connectivity index (χ1) is 8.99. The molecule has 0 spiro atoms. The lowest BCUT2D eigenvalue weighted by Crippen LogP contribution is -2.43. The van der Waals surface area contributed by atoms with E-state index >= 15 is 0 Å². The number of benzene rings is 1. The Hall–Kier alpha value is -2.04. The highest BCUT2D eigenvalue weighted by Crippen LogP contribution is 2.24. The van der Waals surface area contributed by atoms with Gasteiger partial charge in [0.1, 0.15) is 0 Å². The summed E-state index contributed by atoms with van der Waals surface area (Å²) in [6.07, 6.45) is 3.29. The Bertz CT molecular complexity index is 509. The van der Waals surface area contributed by atoms with Crippen LogP contribution < -0.4 is 5.32 Å². The molecular weight excluding hydrogens is 244 g/mol. The van der Waals surface area contributed by atoms with Gasteiger partial charge in [-0.15, -0.1) is 0 Å². The van der Waals surface area contributed by atoms with Crippen molar-refractivity contribution in [3.8, 4) is 0 Å². The fourth-order valence-electron chi connectivity index (χ4n) is 2.08. The van der Waals surface area contributed by atoms with Gasteiger partial charge in [0, 0.05) is 18.8 Å². The Morgan fingerprint density at radius 3 is 2.53 bits per heavy atom. The summed E-state index contributed by atoms with van der Waals surface area (Å²) in [6, 6.07) is 4.87. The molecule has 1 aliphatic rings. The highest BCUT2D eigenvalue weighted by atomic mass is 16.4. The Morgan fingerprint density at radius 1 is 1.37 bits per heavy atom. The van der Waals surface area contributed by atoms with Crippen LogP contribution in [0.25, 0.3) is 0 Å². The van der Waals surface area contributed by atoms with Crippen LogP contribution in [0.1, 0.15) is 35.2 Å². The molecule has 2 N–H and O–H groups in total. The lowest BCUT2D eigenvalue weighted by molar-refractivity contribution is 0.0697. The van der Waals surface area contributed by atoms with Crippen LogP contribution in [-0.2, 0) is 0 Å². The van der Waals surface area contributed by atoms with Crippen molar-refractivity contribution < 1.29 is 14.7 Å². The normalized spacial score (nSPS) is 14.6. The second-order valence-corrected chi connectivity index (χ2v) is 4.96. The van der Waals surface area contributed by atoms with Crippen LogP contribution in [0.15, 0.2) is 18.2 Å². The quantitative estimate of drug-likeness (QED) is 0.880. The minimum absolute atomic E-state index is 0.143. The Balaban J connectivity index is 2.06. The van der Waals surface area contributed by atoms with Crippen LogP contribution in [0, 0.1) is 6.92 Å². The molecule has 0 bridgehead atoms. The number of anilines is 1. The van der Waals surface area contributed by atoms with Crippen LogP contribution >= 0.6 is 0 Å². The summed E-state index contributed by atoms with van der Waals surface area (Å²) < 4.78 is 0. The van der Waals surface area contributed by atoms with Crippen molar-refractivity contribution in [3.05, 3.63) is 29.3 Å². The number of nitrogens with one attached hydrogen (secondary N) is 1. The molecule has 1 aromatic carbocycles. The Morgan fingerprint density at radius 2 is 2.05 bits per heavy atom. The molecule has 19 heavy (non-hydrogen) atoms. The van der Waals surface area contributed by atoms with Gasteiger partial charge in [0.2, 0.25) is 0 Å². The van der Waals surface area contributed by atoms with E-state index in [-0.39, 0.29) is 11.6 Å². The molecule has 0 saturated heterocycles. The van der Waals surface area contributed by atoms with Crippen LogP contribution in [0.4, 0.5) is 10.5 Å². The number of carbonyl (C=O) groups is 2. The zero-order valence-corrected chi connectivity index (χ0v) is 11.1. The van der Waals surface area contributed by atoms with E-state index in [0.29, 0.717) is 11.7 Å². The molecule has 2 amide bonds. The lowest BCUT2D eigenvalue weighted by atomic mass is 9.92. The summed E-state index contributed by atoms with van der Waals surface area (Å²) in [5, 5.41) is 11.7. The summed E-state index contributed by atoms with van der Waals surface area (Å²) in [6.45, 7) is 1.78. The van der Waals surface area contributed by atoms with Gasteiger partial charge in [-0.1, -0.05) is 0 Å². The summed E-state index contributed by atoms with van der Waals surface area (Å²) in [4.78, 5) is 24.6. The predicted molar refractivity (Wildman–Crippen MR) is 72.6 cm³/mol. The third-order valence-electron chi connectivity index (χ3n) is 3.66. The molecule has 0 heterocycles. The smallest absolute Gasteiger partial charge is 0.335 e. The summed E-state index contributed by atoms with van der Waals surface area (Å²) in [5.41, 5.74) is 1.62. The van der Waals surface area contributed by atoms with Crippen LogP contribution in [0.5, 0.6) is 0 Å². The van der Waals surface area contributed by atoms with Gasteiger partial charge in [-0.05, 0) is 49.9 Å². The van der Waals surface area contributed by atoms with Gasteiger partial charge in [0.15, 0.2) is 0 Å². The Kier molecular flexibility index (Phi) is 3.74. The fraction of sp³-hybridized carbons (Fsp3) is 0.429. The van der Waals surface area contributed by atoms with Crippen molar-refractivity contribution in [2.75, 3.05) is 12.4 Å². The largest absolute Gasteiger partial charge is 0.478 e. The third kappa shape index (κ3) is 2.86. The summed E-state index contributed by atoms with van der Waals surface area (Å²) >= 11 is 0. The molecular formula is C14H18N2O3. The van der Waals surface area contributed by atoms with Gasteiger partial charge < -0.3 is 15.3 Å². The first kappa shape index (κ1) is 13.4. The van der Waals surface area contributed by atoms with Crippen molar-refractivity contribution in [1.29, 1.82) is 0 Å². The van der Waals surface area contributed by atoms with Crippen molar-refractivity contribution >= 4 is 17.7 Å². The molecule has 102 valence electrons. The van der Waals surface area contributed by atoms with Gasteiger partial charge in [-0.2, -0.15) is 0 Å². The van der Waals surface area contributed by atoms with Crippen molar-refractivity contribution in [2.24, 2.45) is 0 Å². The molecule has 2 rings (SSSR count). The van der Waals surface area contributed by atoms with Gasteiger partial charge in [-0.25, -0.2) is 9.59 Å². The fourth-order valence-corrected chi connectivity index (χ4v) is 2.08. The number of amides is 2. The van der Waals surface area contributed by atoms with Gasteiger partial charge in [-0.3, -0.25) is 0 Å². The minimum atomic E-state index is -0.965. The van der Waals surface area contributed by atoms with Crippen molar-refractivity contribution in [1.82, 2.24) is 4.90 Å². The first-order valence-corrected chi connectivity index (χ1v) is 6.37. The number of rotatable bonds is 3. The van der Waals surface area contributed by atoms with Crippen molar-refractivity contribution in [2.45, 2.75) is 32.2 Å². The Labute approximate surface area is 112 Å². The van der Waals surface area contributed by atoms with E-state index in [4.69, 9.17) is 5.11 Å². The number of nitrogens with zero attached hydrogens (tertiary/aromatic N) is 1. The first-order valence-electron chi connectivity index (χ1n) is 6.37. The number of hydrogen-bond acceptors (Lipinski definition) is 2. The number of carboxylic acid groups (broad SMARTS) is 1. The molecule has 1 aromatic rings. The number of aromatic carboxylic acids is 1. The topological polar surface area (TPSA) is 69.6 Å². The van der Waals surface area contributed by atoms with Crippen LogP contribution in [0.2, 0.25) is 0 Å². The van der Waals surface area contributed by atoms with E-state index < -0.39 is 5.97 Å². The van der Waals surface area contributed by atoms with E-state index in [0.717, 1.165) is 18.4 Å². The molecule has 0 atom stereocenters. The molecule has 1 aliphatic carbocycles. The van der Waals surface area contributed by atoms with Crippen LogP contribution in [0.3, 0.4) is 0 Å². The number of carboxylic acids is 1. The van der Waals surface area contributed by atoms with E-state index in [1.807, 2.05) is 0 Å². The minimum Gasteiger partial charge on any atom is -0.478 e. The molecule has 1 saturated carbocycles. The second-order valence-electron chi connectivity index (χ2n) is 4.96. The highest BCUT2D eigenvalue weighted by Gasteiger charge is 2.25. The van der Waals surface area contributed by atoms with E-state index in [9.17, 15) is 9.59 Å². The van der Waals surface area contributed by atoms with E-state index in [1.165, 1.54) is 12.5 Å². The molecule has 1 fully saturated rings. The number of hydrogen-bond donors (Lipinski definition) is 2. The molecule has 5 nitrogen and oxygen atoms in total. The van der Waals surface area contributed by atoms with Gasteiger partial charge >= 0.3 is 12.0 Å². The summed E-state index contributed by atoms with van der Waals surface area (Å²) in [7, 11) is 1.79. The van der Waals surface area contributed by atoms with Gasteiger partial charge in [0.05, 0.1) is 5.56 Å². The number of aryl methyl sites for hydroxylation is 1.